The molecular formula is C21H14ClN3O. The van der Waals surface area contributed by atoms with Gasteiger partial charge in [-0.2, -0.15) is 10.2 Å². The Labute approximate surface area is 155 Å². The predicted octanol–water partition coefficient (Wildman–Crippen LogP) is 5.20. The third-order valence-electron chi connectivity index (χ3n) is 4.10. The molecule has 0 saturated carbocycles. The molecule has 1 aromatic heterocycles. The first-order valence-corrected chi connectivity index (χ1v) is 8.42. The number of nitrogens with zero attached hydrogens (tertiary/aromatic N) is 3. The van der Waals surface area contributed by atoms with Gasteiger partial charge >= 0.3 is 0 Å². The van der Waals surface area contributed by atoms with E-state index in [4.69, 9.17) is 11.6 Å². The standard InChI is InChI=1S/C21H14ClN3O/c22-21-16(11-15-6-2-4-8-19(15)25-21)12-23-24-13-18-17-7-3-1-5-14(17)9-10-20(18)26/h1-13,26H/b23-12+,24-13+. The highest BCUT2D eigenvalue weighted by Gasteiger charge is 2.04. The first-order chi connectivity index (χ1) is 12.7. The molecule has 0 bridgehead atoms. The Balaban J connectivity index is 1.65. The van der Waals surface area contributed by atoms with E-state index in [2.05, 4.69) is 15.2 Å². The Morgan fingerprint density at radius 3 is 2.46 bits per heavy atom. The van der Waals surface area contributed by atoms with Crippen molar-refractivity contribution in [2.75, 3.05) is 0 Å². The average molecular weight is 360 g/mol. The van der Waals surface area contributed by atoms with E-state index >= 15 is 0 Å². The van der Waals surface area contributed by atoms with Crippen LogP contribution < -0.4 is 0 Å². The quantitative estimate of drug-likeness (QED) is 0.310. The first-order valence-electron chi connectivity index (χ1n) is 8.05. The van der Waals surface area contributed by atoms with E-state index in [0.29, 0.717) is 16.3 Å². The molecule has 0 atom stereocenters. The lowest BCUT2D eigenvalue weighted by molar-refractivity contribution is 0.475. The number of hydrogen-bond acceptors (Lipinski definition) is 4. The highest BCUT2D eigenvalue weighted by atomic mass is 35.5. The second-order valence-electron chi connectivity index (χ2n) is 5.77. The zero-order valence-corrected chi connectivity index (χ0v) is 14.4. The summed E-state index contributed by atoms with van der Waals surface area (Å²) in [5.74, 6) is 0.160. The fourth-order valence-corrected chi connectivity index (χ4v) is 3.00. The second-order valence-corrected chi connectivity index (χ2v) is 6.13. The molecule has 126 valence electrons. The summed E-state index contributed by atoms with van der Waals surface area (Å²) in [6.45, 7) is 0. The molecule has 4 aromatic rings. The Hall–Kier alpha value is -3.24. The maximum absolute atomic E-state index is 10.1. The Kier molecular flexibility index (Phi) is 4.33. The van der Waals surface area contributed by atoms with E-state index in [0.717, 1.165) is 21.7 Å². The van der Waals surface area contributed by atoms with Crippen molar-refractivity contribution in [1.29, 1.82) is 0 Å². The average Bonchev–Trinajstić information content (AvgIpc) is 2.66. The Morgan fingerprint density at radius 1 is 0.846 bits per heavy atom. The van der Waals surface area contributed by atoms with E-state index in [9.17, 15) is 5.11 Å². The van der Waals surface area contributed by atoms with Crippen molar-refractivity contribution in [3.05, 3.63) is 83.0 Å². The number of rotatable bonds is 3. The molecule has 0 saturated heterocycles. The van der Waals surface area contributed by atoms with Gasteiger partial charge < -0.3 is 5.11 Å². The lowest BCUT2D eigenvalue weighted by atomic mass is 10.0. The third kappa shape index (κ3) is 3.15. The van der Waals surface area contributed by atoms with Gasteiger partial charge in [0.2, 0.25) is 0 Å². The second kappa shape index (κ2) is 6.94. The lowest BCUT2D eigenvalue weighted by Crippen LogP contribution is -1.89. The highest BCUT2D eigenvalue weighted by molar-refractivity contribution is 6.32. The van der Waals surface area contributed by atoms with Crippen LogP contribution in [0.2, 0.25) is 5.15 Å². The van der Waals surface area contributed by atoms with E-state index in [1.807, 2.05) is 60.7 Å². The number of pyridine rings is 1. The van der Waals surface area contributed by atoms with Gasteiger partial charge in [-0.15, -0.1) is 0 Å². The molecule has 1 N–H and O–H groups in total. The Morgan fingerprint density at radius 2 is 1.58 bits per heavy atom. The van der Waals surface area contributed by atoms with Crippen molar-refractivity contribution in [1.82, 2.24) is 4.98 Å². The SMILES string of the molecule is Oc1ccc2ccccc2c1/C=N/N=C/c1cc2ccccc2nc1Cl. The molecule has 0 spiro atoms. The van der Waals surface area contributed by atoms with Crippen LogP contribution in [0.3, 0.4) is 0 Å². The summed E-state index contributed by atoms with van der Waals surface area (Å²) in [7, 11) is 0. The largest absolute Gasteiger partial charge is 0.507 e. The van der Waals surface area contributed by atoms with E-state index < -0.39 is 0 Å². The zero-order chi connectivity index (χ0) is 17.9. The van der Waals surface area contributed by atoms with Gasteiger partial charge in [-0.1, -0.05) is 60.1 Å². The number of benzene rings is 3. The van der Waals surface area contributed by atoms with E-state index in [1.54, 1.807) is 12.3 Å². The van der Waals surface area contributed by atoms with Crippen molar-refractivity contribution in [3.8, 4) is 5.75 Å². The van der Waals surface area contributed by atoms with Crippen molar-refractivity contribution in [3.63, 3.8) is 0 Å². The van der Waals surface area contributed by atoms with Gasteiger partial charge in [0.1, 0.15) is 10.9 Å². The summed E-state index contributed by atoms with van der Waals surface area (Å²) in [6, 6.07) is 21.0. The summed E-state index contributed by atoms with van der Waals surface area (Å²) in [4.78, 5) is 4.35. The molecule has 0 aliphatic heterocycles. The van der Waals surface area contributed by atoms with Gasteiger partial charge in [0, 0.05) is 16.5 Å². The van der Waals surface area contributed by atoms with Gasteiger partial charge in [-0.3, -0.25) is 0 Å². The van der Waals surface area contributed by atoms with Crippen LogP contribution in [0.4, 0.5) is 0 Å². The van der Waals surface area contributed by atoms with Gasteiger partial charge in [-0.05, 0) is 29.0 Å². The van der Waals surface area contributed by atoms with Crippen LogP contribution in [0.5, 0.6) is 5.75 Å². The molecular weight excluding hydrogens is 346 g/mol. The van der Waals surface area contributed by atoms with Gasteiger partial charge in [0.05, 0.1) is 17.9 Å². The zero-order valence-electron chi connectivity index (χ0n) is 13.7. The van der Waals surface area contributed by atoms with Crippen molar-refractivity contribution in [2.45, 2.75) is 0 Å². The number of fused-ring (bicyclic) bond motifs is 2. The maximum atomic E-state index is 10.1. The molecule has 0 radical (unpaired) electrons. The summed E-state index contributed by atoms with van der Waals surface area (Å²) >= 11 is 6.21. The first kappa shape index (κ1) is 16.2. The van der Waals surface area contributed by atoms with Crippen LogP contribution in [-0.2, 0) is 0 Å². The molecule has 0 amide bonds. The molecule has 0 unspecified atom stereocenters. The number of phenolic OH excluding ortho intramolecular Hbond substituents is 1. The molecule has 1 heterocycles. The van der Waals surface area contributed by atoms with Crippen molar-refractivity contribution in [2.24, 2.45) is 10.2 Å². The molecule has 4 rings (SSSR count). The fraction of sp³-hybridized carbons (Fsp3) is 0. The molecule has 3 aromatic carbocycles. The number of aromatic hydroxyl groups is 1. The van der Waals surface area contributed by atoms with Crippen molar-refractivity contribution >= 4 is 45.7 Å². The number of aromatic nitrogens is 1. The highest BCUT2D eigenvalue weighted by Crippen LogP contribution is 2.25. The number of para-hydroxylation sites is 1. The molecule has 0 aliphatic carbocycles. The molecule has 0 fully saturated rings. The minimum Gasteiger partial charge on any atom is -0.507 e. The molecule has 0 aliphatic rings. The Bertz CT molecular complexity index is 1170. The molecule has 26 heavy (non-hydrogen) atoms. The van der Waals surface area contributed by atoms with Crippen molar-refractivity contribution < 1.29 is 5.11 Å². The van der Waals surface area contributed by atoms with Crippen LogP contribution in [0.15, 0.2) is 76.9 Å². The van der Waals surface area contributed by atoms with Crippen LogP contribution in [0.25, 0.3) is 21.7 Å². The number of halogens is 1. The molecule has 5 heteroatoms. The minimum atomic E-state index is 0.160. The summed E-state index contributed by atoms with van der Waals surface area (Å²) in [5.41, 5.74) is 2.14. The topological polar surface area (TPSA) is 57.8 Å². The summed E-state index contributed by atoms with van der Waals surface area (Å²) < 4.78 is 0. The fourth-order valence-electron chi connectivity index (χ4n) is 2.81. The van der Waals surface area contributed by atoms with Crippen LogP contribution in [0, 0.1) is 0 Å². The van der Waals surface area contributed by atoms with Crippen LogP contribution >= 0.6 is 11.6 Å². The summed E-state index contributed by atoms with van der Waals surface area (Å²) in [5, 5.41) is 21.5. The van der Waals surface area contributed by atoms with Gasteiger partial charge in [0.15, 0.2) is 0 Å². The monoisotopic (exact) mass is 359 g/mol. The van der Waals surface area contributed by atoms with Gasteiger partial charge in [0.25, 0.3) is 0 Å². The third-order valence-corrected chi connectivity index (χ3v) is 4.41. The van der Waals surface area contributed by atoms with Gasteiger partial charge in [-0.25, -0.2) is 4.98 Å². The van der Waals surface area contributed by atoms with E-state index in [1.165, 1.54) is 6.21 Å². The van der Waals surface area contributed by atoms with E-state index in [-0.39, 0.29) is 5.75 Å². The predicted molar refractivity (Wildman–Crippen MR) is 108 cm³/mol. The maximum Gasteiger partial charge on any atom is 0.138 e. The number of phenols is 1. The lowest BCUT2D eigenvalue weighted by Gasteiger charge is -2.03. The summed E-state index contributed by atoms with van der Waals surface area (Å²) in [6.07, 6.45) is 3.09. The number of hydrogen-bond donors (Lipinski definition) is 1. The minimum absolute atomic E-state index is 0.160. The van der Waals surface area contributed by atoms with Crippen LogP contribution in [-0.4, -0.2) is 22.5 Å². The van der Waals surface area contributed by atoms with Crippen LogP contribution in [0.1, 0.15) is 11.1 Å². The smallest absolute Gasteiger partial charge is 0.138 e. The molecule has 4 nitrogen and oxygen atoms in total. The normalized spacial score (nSPS) is 11.9.